The summed E-state index contributed by atoms with van der Waals surface area (Å²) in [6.45, 7) is 3.45. The fourth-order valence-corrected chi connectivity index (χ4v) is 3.78. The number of primary amides is 1. The largest absolute Gasteiger partial charge is 0.365 e. The van der Waals surface area contributed by atoms with Gasteiger partial charge in [0.25, 0.3) is 11.8 Å². The zero-order chi connectivity index (χ0) is 16.4. The summed E-state index contributed by atoms with van der Waals surface area (Å²) < 4.78 is 1.90. The lowest BCUT2D eigenvalue weighted by molar-refractivity contribution is 0.0589. The van der Waals surface area contributed by atoms with Gasteiger partial charge in [0.1, 0.15) is 0 Å². The molecule has 1 aliphatic rings. The molecule has 2 amide bonds. The minimum absolute atomic E-state index is 0.0175. The number of nitrogens with zero attached hydrogens (tertiary/aromatic N) is 3. The zero-order valence-corrected chi connectivity index (χ0v) is 13.9. The van der Waals surface area contributed by atoms with E-state index in [1.807, 2.05) is 28.9 Å². The predicted molar refractivity (Wildman–Crippen MR) is 88.5 cm³/mol. The smallest absolute Gasteiger partial charge is 0.264 e. The van der Waals surface area contributed by atoms with E-state index < -0.39 is 5.91 Å². The summed E-state index contributed by atoms with van der Waals surface area (Å²) in [7, 11) is 0. The Morgan fingerprint density at radius 3 is 2.78 bits per heavy atom. The number of hydrogen-bond acceptors (Lipinski definition) is 4. The van der Waals surface area contributed by atoms with Crippen LogP contribution in [0.4, 0.5) is 0 Å². The molecule has 0 spiro atoms. The highest BCUT2D eigenvalue weighted by Crippen LogP contribution is 2.24. The normalized spacial score (nSPS) is 18.1. The van der Waals surface area contributed by atoms with Crippen LogP contribution in [0.25, 0.3) is 0 Å². The third-order valence-corrected chi connectivity index (χ3v) is 5.20. The molecule has 1 saturated heterocycles. The molecule has 0 unspecified atom stereocenters. The highest BCUT2D eigenvalue weighted by Gasteiger charge is 2.29. The van der Waals surface area contributed by atoms with Crippen molar-refractivity contribution in [1.29, 1.82) is 0 Å². The minimum Gasteiger partial charge on any atom is -0.365 e. The third-order valence-electron chi connectivity index (χ3n) is 4.11. The molecular weight excluding hydrogens is 312 g/mol. The lowest BCUT2D eigenvalue weighted by Gasteiger charge is -2.35. The van der Waals surface area contributed by atoms with Gasteiger partial charge in [-0.1, -0.05) is 0 Å². The van der Waals surface area contributed by atoms with Gasteiger partial charge in [0.05, 0.1) is 28.5 Å². The fourth-order valence-electron chi connectivity index (χ4n) is 2.97. The number of carbonyl (C=O) groups excluding carboxylic acids is 2. The molecule has 1 fully saturated rings. The highest BCUT2D eigenvalue weighted by atomic mass is 32.1. The van der Waals surface area contributed by atoms with Crippen LogP contribution in [0.2, 0.25) is 0 Å². The van der Waals surface area contributed by atoms with Gasteiger partial charge in [-0.3, -0.25) is 14.3 Å². The van der Waals surface area contributed by atoms with Crippen molar-refractivity contribution in [3.05, 3.63) is 39.8 Å². The van der Waals surface area contributed by atoms with Gasteiger partial charge in [-0.2, -0.15) is 5.10 Å². The molecule has 2 aromatic heterocycles. The number of aromatic nitrogens is 2. The van der Waals surface area contributed by atoms with E-state index in [-0.39, 0.29) is 11.9 Å². The predicted octanol–water partition coefficient (Wildman–Crippen LogP) is 2.05. The summed E-state index contributed by atoms with van der Waals surface area (Å²) in [6, 6.07) is 3.45. The minimum atomic E-state index is -0.490. The molecular formula is C16H20N4O2S. The maximum atomic E-state index is 12.8. The van der Waals surface area contributed by atoms with Crippen LogP contribution in [0.5, 0.6) is 0 Å². The Balaban J connectivity index is 1.76. The summed E-state index contributed by atoms with van der Waals surface area (Å²) >= 11 is 1.17. The Labute approximate surface area is 138 Å². The van der Waals surface area contributed by atoms with Gasteiger partial charge in [-0.25, -0.2) is 0 Å². The summed E-state index contributed by atoms with van der Waals surface area (Å²) in [5.74, 6) is -0.507. The monoisotopic (exact) mass is 332 g/mol. The molecule has 1 atom stereocenters. The van der Waals surface area contributed by atoms with Crippen molar-refractivity contribution >= 4 is 23.2 Å². The number of amides is 2. The van der Waals surface area contributed by atoms with Gasteiger partial charge in [0.15, 0.2) is 0 Å². The second-order valence-corrected chi connectivity index (χ2v) is 7.00. The fraction of sp³-hybridized carbons (Fsp3) is 0.438. The number of piperidine rings is 1. The van der Waals surface area contributed by atoms with Crippen LogP contribution in [-0.2, 0) is 6.54 Å². The van der Waals surface area contributed by atoms with E-state index >= 15 is 0 Å². The average Bonchev–Trinajstić information content (AvgIpc) is 3.16. The molecule has 3 heterocycles. The molecule has 6 nitrogen and oxygen atoms in total. The maximum absolute atomic E-state index is 12.8. The van der Waals surface area contributed by atoms with Crippen LogP contribution in [-0.4, -0.2) is 39.1 Å². The second-order valence-electron chi connectivity index (χ2n) is 5.92. The molecule has 0 aliphatic carbocycles. The Kier molecular flexibility index (Phi) is 4.47. The van der Waals surface area contributed by atoms with Crippen molar-refractivity contribution in [3.63, 3.8) is 0 Å². The number of thiophene rings is 1. The van der Waals surface area contributed by atoms with Crippen molar-refractivity contribution in [2.75, 3.05) is 6.54 Å². The highest BCUT2D eigenvalue weighted by molar-refractivity contribution is 7.15. The van der Waals surface area contributed by atoms with Gasteiger partial charge in [0.2, 0.25) is 0 Å². The topological polar surface area (TPSA) is 81.2 Å². The number of carbonyl (C=O) groups is 2. The van der Waals surface area contributed by atoms with Crippen molar-refractivity contribution in [2.45, 2.75) is 38.8 Å². The number of nitrogens with two attached hydrogens (primary N) is 1. The third kappa shape index (κ3) is 3.44. The molecule has 2 N–H and O–H groups in total. The lowest BCUT2D eigenvalue weighted by Crippen LogP contribution is -2.45. The molecule has 1 aliphatic heterocycles. The quantitative estimate of drug-likeness (QED) is 0.930. The summed E-state index contributed by atoms with van der Waals surface area (Å²) in [4.78, 5) is 26.9. The van der Waals surface area contributed by atoms with E-state index in [1.165, 1.54) is 11.3 Å². The van der Waals surface area contributed by atoms with E-state index in [2.05, 4.69) is 5.10 Å². The van der Waals surface area contributed by atoms with Gasteiger partial charge in [-0.15, -0.1) is 11.3 Å². The van der Waals surface area contributed by atoms with Crippen molar-refractivity contribution in [3.8, 4) is 0 Å². The van der Waals surface area contributed by atoms with Gasteiger partial charge < -0.3 is 10.6 Å². The van der Waals surface area contributed by atoms with Crippen molar-refractivity contribution in [2.24, 2.45) is 5.73 Å². The van der Waals surface area contributed by atoms with E-state index in [1.54, 1.807) is 12.1 Å². The first kappa shape index (κ1) is 15.7. The Morgan fingerprint density at radius 1 is 1.35 bits per heavy atom. The van der Waals surface area contributed by atoms with E-state index in [9.17, 15) is 9.59 Å². The molecule has 2 aromatic rings. The number of aryl methyl sites for hydroxylation is 1. The van der Waals surface area contributed by atoms with Crippen LogP contribution < -0.4 is 5.73 Å². The number of likely N-dealkylation sites (tertiary alicyclic amines) is 1. The van der Waals surface area contributed by atoms with Crippen LogP contribution >= 0.6 is 11.3 Å². The molecule has 122 valence electrons. The van der Waals surface area contributed by atoms with Gasteiger partial charge >= 0.3 is 0 Å². The van der Waals surface area contributed by atoms with Gasteiger partial charge in [-0.05, 0) is 43.9 Å². The van der Waals surface area contributed by atoms with E-state index in [0.29, 0.717) is 16.3 Å². The Morgan fingerprint density at radius 2 is 2.13 bits per heavy atom. The van der Waals surface area contributed by atoms with Crippen LogP contribution in [0.15, 0.2) is 24.5 Å². The Bertz CT molecular complexity index is 721. The average molecular weight is 332 g/mol. The Hall–Kier alpha value is -2.15. The van der Waals surface area contributed by atoms with E-state index in [0.717, 1.165) is 31.4 Å². The molecule has 3 rings (SSSR count). The first-order valence-electron chi connectivity index (χ1n) is 7.74. The first-order chi connectivity index (χ1) is 11.0. The molecule has 0 radical (unpaired) electrons. The van der Waals surface area contributed by atoms with Crippen LogP contribution in [0.1, 0.15) is 44.2 Å². The van der Waals surface area contributed by atoms with Crippen LogP contribution in [0.3, 0.4) is 0 Å². The van der Waals surface area contributed by atoms with Crippen molar-refractivity contribution in [1.82, 2.24) is 14.7 Å². The molecule has 7 heteroatoms. The molecule has 0 bridgehead atoms. The first-order valence-corrected chi connectivity index (χ1v) is 8.56. The summed E-state index contributed by atoms with van der Waals surface area (Å²) in [5.41, 5.74) is 6.39. The van der Waals surface area contributed by atoms with E-state index in [4.69, 9.17) is 5.73 Å². The van der Waals surface area contributed by atoms with Gasteiger partial charge in [0, 0.05) is 12.7 Å². The SMILES string of the molecule is Cc1cnn(C[C@H]2CCCCN2C(=O)c2ccc(C(N)=O)s2)c1. The molecule has 0 aromatic carbocycles. The number of rotatable bonds is 4. The zero-order valence-electron chi connectivity index (χ0n) is 13.1. The maximum Gasteiger partial charge on any atom is 0.264 e. The molecule has 23 heavy (non-hydrogen) atoms. The second kappa shape index (κ2) is 6.54. The number of hydrogen-bond donors (Lipinski definition) is 1. The van der Waals surface area contributed by atoms with Crippen LogP contribution in [0, 0.1) is 6.92 Å². The summed E-state index contributed by atoms with van der Waals surface area (Å²) in [5, 5.41) is 4.32. The standard InChI is InChI=1S/C16H20N4O2S/c1-11-8-18-19(9-11)10-12-4-2-3-7-20(12)16(22)14-6-5-13(23-14)15(17)21/h5-6,8-9,12H,2-4,7,10H2,1H3,(H2,17,21)/t12-/m1/s1. The lowest BCUT2D eigenvalue weighted by atomic mass is 10.0. The summed E-state index contributed by atoms with van der Waals surface area (Å²) in [6.07, 6.45) is 6.92. The van der Waals surface area contributed by atoms with Crippen molar-refractivity contribution < 1.29 is 9.59 Å². The molecule has 0 saturated carbocycles.